The lowest BCUT2D eigenvalue weighted by Crippen LogP contribution is -2.00. The lowest BCUT2D eigenvalue weighted by atomic mass is 10.2. The molecule has 0 saturated carbocycles. The lowest BCUT2D eigenvalue weighted by Gasteiger charge is -2.08. The predicted molar refractivity (Wildman–Crippen MR) is 88.0 cm³/mol. The number of imidazole rings is 1. The molecule has 0 atom stereocenters. The number of aryl methyl sites for hydroxylation is 2. The number of aromatic amines is 1. The maximum Gasteiger partial charge on any atom is 0.175 e. The van der Waals surface area contributed by atoms with Crippen molar-refractivity contribution in [2.24, 2.45) is 0 Å². The number of H-pyrrole nitrogens is 1. The van der Waals surface area contributed by atoms with Crippen molar-refractivity contribution in [1.82, 2.24) is 9.97 Å². The van der Waals surface area contributed by atoms with E-state index in [1.807, 2.05) is 20.0 Å². The van der Waals surface area contributed by atoms with Crippen molar-refractivity contribution >= 4 is 9.84 Å². The average Bonchev–Trinajstić information content (AvgIpc) is 2.99. The van der Waals surface area contributed by atoms with E-state index in [2.05, 4.69) is 16.9 Å². The minimum absolute atomic E-state index is 0.337. The predicted octanol–water partition coefficient (Wildman–Crippen LogP) is 3.16. The van der Waals surface area contributed by atoms with Crippen molar-refractivity contribution < 1.29 is 13.2 Å². The zero-order valence-electron chi connectivity index (χ0n) is 13.6. The monoisotopic (exact) mass is 324 g/mol. The molecule has 0 aliphatic carbocycles. The summed E-state index contributed by atoms with van der Waals surface area (Å²) in [5.41, 5.74) is 2.05. The van der Waals surface area contributed by atoms with Gasteiger partial charge in [0, 0.05) is 18.1 Å². The lowest BCUT2D eigenvalue weighted by molar-refractivity contribution is 0.315. The molecule has 6 heteroatoms. The molecule has 22 heavy (non-hydrogen) atoms. The third-order valence-electron chi connectivity index (χ3n) is 2.97. The Morgan fingerprint density at radius 3 is 2.41 bits per heavy atom. The van der Waals surface area contributed by atoms with Crippen molar-refractivity contribution in [3.05, 3.63) is 42.0 Å². The van der Waals surface area contributed by atoms with Gasteiger partial charge in [0.05, 0.1) is 17.8 Å². The van der Waals surface area contributed by atoms with Crippen LogP contribution in [0.4, 0.5) is 0 Å². The van der Waals surface area contributed by atoms with Crippen molar-refractivity contribution in [3.63, 3.8) is 0 Å². The zero-order valence-corrected chi connectivity index (χ0v) is 14.4. The van der Waals surface area contributed by atoms with Gasteiger partial charge in [0.15, 0.2) is 9.84 Å². The van der Waals surface area contributed by atoms with E-state index in [-0.39, 0.29) is 0 Å². The van der Waals surface area contributed by atoms with E-state index in [0.717, 1.165) is 24.2 Å². The van der Waals surface area contributed by atoms with Gasteiger partial charge in [-0.3, -0.25) is 0 Å². The van der Waals surface area contributed by atoms with Gasteiger partial charge < -0.3 is 9.72 Å². The summed E-state index contributed by atoms with van der Waals surface area (Å²) in [6, 6.07) is 4.93. The first kappa shape index (κ1) is 18.2. The number of benzene rings is 1. The number of nitrogens with one attached hydrogen (secondary N) is 1. The summed E-state index contributed by atoms with van der Waals surface area (Å²) < 4.78 is 28.0. The van der Waals surface area contributed by atoms with Crippen LogP contribution in [0.25, 0.3) is 0 Å². The first-order valence-electron chi connectivity index (χ1n) is 7.29. The van der Waals surface area contributed by atoms with Crippen molar-refractivity contribution in [2.75, 3.05) is 12.9 Å². The molecule has 0 fully saturated rings. The molecule has 0 aliphatic rings. The van der Waals surface area contributed by atoms with Gasteiger partial charge in [-0.15, -0.1) is 0 Å². The van der Waals surface area contributed by atoms with E-state index in [0.29, 0.717) is 11.5 Å². The molecule has 1 heterocycles. The van der Waals surface area contributed by atoms with Crippen LogP contribution in [-0.2, 0) is 16.3 Å². The Balaban J connectivity index is 0.000000287. The Labute approximate surface area is 132 Å². The standard InChI is InChI=1S/C11H16O3S.C5H8N2/c1-4-7-14-11-6-5-10(8-9(11)2)15(3,12)13;1-2-5-3-6-4-7-5/h5-6,8H,4,7H2,1-3H3;3-4H,2H2,1H3,(H,6,7). The number of rotatable bonds is 5. The van der Waals surface area contributed by atoms with Gasteiger partial charge in [-0.1, -0.05) is 13.8 Å². The Morgan fingerprint density at radius 1 is 1.27 bits per heavy atom. The first-order chi connectivity index (χ1) is 10.4. The molecule has 0 unspecified atom stereocenters. The molecule has 0 spiro atoms. The summed E-state index contributed by atoms with van der Waals surface area (Å²) >= 11 is 0. The van der Waals surface area contributed by atoms with Crippen molar-refractivity contribution in [3.8, 4) is 5.75 Å². The molecule has 0 saturated heterocycles. The van der Waals surface area contributed by atoms with Crippen LogP contribution in [0.3, 0.4) is 0 Å². The van der Waals surface area contributed by atoms with E-state index in [9.17, 15) is 8.42 Å². The maximum absolute atomic E-state index is 11.3. The molecule has 2 aromatic rings. The molecular weight excluding hydrogens is 300 g/mol. The summed E-state index contributed by atoms with van der Waals surface area (Å²) in [5.74, 6) is 0.754. The molecule has 0 radical (unpaired) electrons. The zero-order chi connectivity index (χ0) is 16.6. The van der Waals surface area contributed by atoms with Gasteiger partial charge in [-0.05, 0) is 43.5 Å². The molecule has 0 bridgehead atoms. The molecule has 0 aliphatic heterocycles. The van der Waals surface area contributed by atoms with Gasteiger partial charge in [-0.2, -0.15) is 0 Å². The smallest absolute Gasteiger partial charge is 0.175 e. The van der Waals surface area contributed by atoms with Gasteiger partial charge in [0.1, 0.15) is 5.75 Å². The SMILES string of the molecule is CCCOc1ccc(S(C)(=O)=O)cc1C.CCc1cnc[nH]1. The van der Waals surface area contributed by atoms with Gasteiger partial charge >= 0.3 is 0 Å². The van der Waals surface area contributed by atoms with Crippen LogP contribution < -0.4 is 4.74 Å². The van der Waals surface area contributed by atoms with E-state index in [4.69, 9.17) is 4.74 Å². The average molecular weight is 324 g/mol. The molecule has 1 aromatic heterocycles. The first-order valence-corrected chi connectivity index (χ1v) is 9.18. The highest BCUT2D eigenvalue weighted by atomic mass is 32.2. The van der Waals surface area contributed by atoms with Crippen molar-refractivity contribution in [1.29, 1.82) is 0 Å². The van der Waals surface area contributed by atoms with Gasteiger partial charge in [-0.25, -0.2) is 13.4 Å². The normalized spacial score (nSPS) is 10.7. The summed E-state index contributed by atoms with van der Waals surface area (Å²) in [6.45, 7) is 6.62. The van der Waals surface area contributed by atoms with Gasteiger partial charge in [0.2, 0.25) is 0 Å². The fourth-order valence-corrected chi connectivity index (χ4v) is 2.41. The number of hydrogen-bond acceptors (Lipinski definition) is 4. The Morgan fingerprint density at radius 2 is 2.00 bits per heavy atom. The molecular formula is C16H24N2O3S. The topological polar surface area (TPSA) is 72.1 Å². The Bertz CT molecular complexity index is 665. The third kappa shape index (κ3) is 5.89. The highest BCUT2D eigenvalue weighted by Crippen LogP contribution is 2.21. The maximum atomic E-state index is 11.3. The third-order valence-corrected chi connectivity index (χ3v) is 4.08. The fraction of sp³-hybridized carbons (Fsp3) is 0.438. The van der Waals surface area contributed by atoms with Crippen LogP contribution in [0.1, 0.15) is 31.5 Å². The molecule has 1 N–H and O–H groups in total. The van der Waals surface area contributed by atoms with E-state index in [1.165, 1.54) is 11.9 Å². The Kier molecular flexibility index (Phi) is 7.11. The summed E-state index contributed by atoms with van der Waals surface area (Å²) in [7, 11) is -3.12. The van der Waals surface area contributed by atoms with Crippen LogP contribution in [-0.4, -0.2) is 31.2 Å². The second kappa shape index (κ2) is 8.58. The largest absolute Gasteiger partial charge is 0.493 e. The van der Waals surface area contributed by atoms with E-state index < -0.39 is 9.84 Å². The van der Waals surface area contributed by atoms with Crippen LogP contribution in [0.2, 0.25) is 0 Å². The van der Waals surface area contributed by atoms with Crippen LogP contribution in [0.15, 0.2) is 35.6 Å². The van der Waals surface area contributed by atoms with E-state index in [1.54, 1.807) is 24.5 Å². The molecule has 0 amide bonds. The minimum atomic E-state index is -3.12. The van der Waals surface area contributed by atoms with E-state index >= 15 is 0 Å². The second-order valence-electron chi connectivity index (χ2n) is 4.98. The van der Waals surface area contributed by atoms with Crippen LogP contribution >= 0.6 is 0 Å². The quantitative estimate of drug-likeness (QED) is 0.917. The summed E-state index contributed by atoms with van der Waals surface area (Å²) in [5, 5.41) is 0. The number of hydrogen-bond donors (Lipinski definition) is 1. The number of aromatic nitrogens is 2. The number of sulfone groups is 1. The molecule has 5 nitrogen and oxygen atoms in total. The summed E-state index contributed by atoms with van der Waals surface area (Å²) in [4.78, 5) is 7.15. The highest BCUT2D eigenvalue weighted by Gasteiger charge is 2.09. The fourth-order valence-electron chi connectivity index (χ4n) is 1.70. The highest BCUT2D eigenvalue weighted by molar-refractivity contribution is 7.90. The minimum Gasteiger partial charge on any atom is -0.493 e. The number of nitrogens with zero attached hydrogens (tertiary/aromatic N) is 1. The Hall–Kier alpha value is -1.82. The molecule has 1 aromatic carbocycles. The molecule has 122 valence electrons. The number of ether oxygens (including phenoxy) is 1. The van der Waals surface area contributed by atoms with Crippen molar-refractivity contribution in [2.45, 2.75) is 38.5 Å². The van der Waals surface area contributed by atoms with Crippen LogP contribution in [0, 0.1) is 6.92 Å². The van der Waals surface area contributed by atoms with Crippen LogP contribution in [0.5, 0.6) is 5.75 Å². The molecule has 2 rings (SSSR count). The van der Waals surface area contributed by atoms with Gasteiger partial charge in [0.25, 0.3) is 0 Å². The summed E-state index contributed by atoms with van der Waals surface area (Å²) in [6.07, 6.45) is 6.71. The second-order valence-corrected chi connectivity index (χ2v) is 6.99.